The number of aryl methyl sites for hydroxylation is 1. The van der Waals surface area contributed by atoms with Gasteiger partial charge in [0, 0.05) is 10.7 Å². The van der Waals surface area contributed by atoms with Crippen LogP contribution in [0, 0.1) is 11.7 Å². The molecule has 3 aromatic rings. The van der Waals surface area contributed by atoms with Crippen LogP contribution in [0.3, 0.4) is 0 Å². The minimum absolute atomic E-state index is 0.696. The Kier molecular flexibility index (Phi) is 3.24. The zero-order chi connectivity index (χ0) is 13.4. The molecule has 0 unspecified atom stereocenters. The molecule has 0 amide bonds. The van der Waals surface area contributed by atoms with Gasteiger partial charge in [0.25, 0.3) is 0 Å². The highest BCUT2D eigenvalue weighted by molar-refractivity contribution is 9.10. The number of nitrogens with zero attached hydrogens (tertiary/aromatic N) is 2. The standard InChI is InChI=1S/C14H12BrN3S/c1-9-2-4-10(5-3-9)8-18-13-12(17-14(18)19)6-11(15)7-16-13/h2-7H,8H2,1H3,(H,17,19). The lowest BCUT2D eigenvalue weighted by atomic mass is 10.1. The smallest absolute Gasteiger partial charge is 0.179 e. The first-order valence-corrected chi connectivity index (χ1v) is 7.13. The molecule has 19 heavy (non-hydrogen) atoms. The fourth-order valence-corrected chi connectivity index (χ4v) is 2.63. The van der Waals surface area contributed by atoms with E-state index in [1.807, 2.05) is 10.6 Å². The number of aromatic amines is 1. The number of aromatic nitrogens is 3. The van der Waals surface area contributed by atoms with Gasteiger partial charge >= 0.3 is 0 Å². The minimum atomic E-state index is 0.696. The van der Waals surface area contributed by atoms with E-state index in [9.17, 15) is 0 Å². The highest BCUT2D eigenvalue weighted by Crippen LogP contribution is 2.18. The molecular formula is C14H12BrN3S. The number of halogens is 1. The minimum Gasteiger partial charge on any atom is -0.329 e. The maximum atomic E-state index is 5.37. The zero-order valence-electron chi connectivity index (χ0n) is 10.4. The lowest BCUT2D eigenvalue weighted by Crippen LogP contribution is -2.00. The summed E-state index contributed by atoms with van der Waals surface area (Å²) in [5, 5.41) is 0. The number of hydrogen-bond acceptors (Lipinski definition) is 2. The van der Waals surface area contributed by atoms with Gasteiger partial charge in [-0.15, -0.1) is 0 Å². The van der Waals surface area contributed by atoms with Crippen LogP contribution in [0.2, 0.25) is 0 Å². The van der Waals surface area contributed by atoms with Crippen molar-refractivity contribution < 1.29 is 0 Å². The summed E-state index contributed by atoms with van der Waals surface area (Å²) in [6.07, 6.45) is 1.79. The largest absolute Gasteiger partial charge is 0.329 e. The first kappa shape index (κ1) is 12.6. The lowest BCUT2D eigenvalue weighted by Gasteiger charge is -2.04. The maximum Gasteiger partial charge on any atom is 0.179 e. The van der Waals surface area contributed by atoms with Gasteiger partial charge in [0.15, 0.2) is 10.4 Å². The molecule has 0 aliphatic heterocycles. The van der Waals surface area contributed by atoms with E-state index in [2.05, 4.69) is 57.1 Å². The zero-order valence-corrected chi connectivity index (χ0v) is 12.8. The SMILES string of the molecule is Cc1ccc(Cn2c(=S)[nH]c3cc(Br)cnc32)cc1. The Bertz CT molecular complexity index is 787. The number of hydrogen-bond donors (Lipinski definition) is 1. The first-order valence-electron chi connectivity index (χ1n) is 5.93. The van der Waals surface area contributed by atoms with Crippen LogP contribution in [-0.2, 0) is 6.54 Å². The van der Waals surface area contributed by atoms with Gasteiger partial charge in [0.1, 0.15) is 0 Å². The van der Waals surface area contributed by atoms with Crippen molar-refractivity contribution >= 4 is 39.3 Å². The van der Waals surface area contributed by atoms with Crippen molar-refractivity contribution in [3.8, 4) is 0 Å². The molecule has 0 aliphatic rings. The molecule has 1 aromatic carbocycles. The van der Waals surface area contributed by atoms with Gasteiger partial charge in [0.05, 0.1) is 12.1 Å². The van der Waals surface area contributed by atoms with E-state index in [1.165, 1.54) is 11.1 Å². The molecule has 0 atom stereocenters. The van der Waals surface area contributed by atoms with Gasteiger partial charge in [0.2, 0.25) is 0 Å². The van der Waals surface area contributed by atoms with E-state index in [-0.39, 0.29) is 0 Å². The van der Waals surface area contributed by atoms with Crippen LogP contribution in [0.4, 0.5) is 0 Å². The van der Waals surface area contributed by atoms with Crippen molar-refractivity contribution in [2.75, 3.05) is 0 Å². The summed E-state index contributed by atoms with van der Waals surface area (Å²) >= 11 is 8.79. The number of imidazole rings is 1. The van der Waals surface area contributed by atoms with E-state index in [4.69, 9.17) is 12.2 Å². The van der Waals surface area contributed by atoms with Crippen LogP contribution in [0.25, 0.3) is 11.2 Å². The molecule has 0 fully saturated rings. The second-order valence-corrected chi connectivity index (χ2v) is 5.83. The first-order chi connectivity index (χ1) is 9.13. The maximum absolute atomic E-state index is 5.37. The van der Waals surface area contributed by atoms with Crippen LogP contribution < -0.4 is 0 Å². The van der Waals surface area contributed by atoms with Gasteiger partial charge < -0.3 is 4.98 Å². The highest BCUT2D eigenvalue weighted by Gasteiger charge is 2.06. The molecule has 3 rings (SSSR count). The van der Waals surface area contributed by atoms with E-state index in [1.54, 1.807) is 6.20 Å². The number of nitrogens with one attached hydrogen (secondary N) is 1. The fourth-order valence-electron chi connectivity index (χ4n) is 2.04. The third kappa shape index (κ3) is 2.48. The summed E-state index contributed by atoms with van der Waals surface area (Å²) in [4.78, 5) is 7.62. The van der Waals surface area contributed by atoms with Crippen molar-refractivity contribution in [3.05, 3.63) is 56.9 Å². The van der Waals surface area contributed by atoms with E-state index in [0.29, 0.717) is 4.77 Å². The summed E-state index contributed by atoms with van der Waals surface area (Å²) in [6, 6.07) is 10.4. The molecule has 0 saturated carbocycles. The van der Waals surface area contributed by atoms with Crippen molar-refractivity contribution in [1.29, 1.82) is 0 Å². The molecule has 5 heteroatoms. The molecule has 96 valence electrons. The number of rotatable bonds is 2. The predicted octanol–water partition coefficient (Wildman–Crippen LogP) is 4.21. The van der Waals surface area contributed by atoms with E-state index >= 15 is 0 Å². The Hall–Kier alpha value is -1.46. The summed E-state index contributed by atoms with van der Waals surface area (Å²) < 4.78 is 3.65. The third-order valence-electron chi connectivity index (χ3n) is 3.04. The van der Waals surface area contributed by atoms with Crippen LogP contribution in [0.5, 0.6) is 0 Å². The molecular weight excluding hydrogens is 322 g/mol. The summed E-state index contributed by atoms with van der Waals surface area (Å²) in [5.41, 5.74) is 4.31. The molecule has 0 aliphatic carbocycles. The van der Waals surface area contributed by atoms with Gasteiger partial charge in [-0.2, -0.15) is 0 Å². The van der Waals surface area contributed by atoms with E-state index < -0.39 is 0 Å². The van der Waals surface area contributed by atoms with Crippen molar-refractivity contribution in [1.82, 2.24) is 14.5 Å². The van der Waals surface area contributed by atoms with Crippen molar-refractivity contribution in [2.45, 2.75) is 13.5 Å². The summed E-state index contributed by atoms with van der Waals surface area (Å²) in [5.74, 6) is 0. The van der Waals surface area contributed by atoms with E-state index in [0.717, 1.165) is 22.2 Å². The third-order valence-corrected chi connectivity index (χ3v) is 3.79. The van der Waals surface area contributed by atoms with Crippen LogP contribution in [0.15, 0.2) is 41.0 Å². The number of benzene rings is 1. The topological polar surface area (TPSA) is 33.6 Å². The molecule has 0 saturated heterocycles. The molecule has 3 nitrogen and oxygen atoms in total. The highest BCUT2D eigenvalue weighted by atomic mass is 79.9. The summed E-state index contributed by atoms with van der Waals surface area (Å²) in [7, 11) is 0. The van der Waals surface area contributed by atoms with Crippen LogP contribution in [-0.4, -0.2) is 14.5 Å². The molecule has 2 heterocycles. The molecule has 0 spiro atoms. The Morgan fingerprint density at radius 3 is 2.79 bits per heavy atom. The van der Waals surface area contributed by atoms with Crippen LogP contribution >= 0.6 is 28.1 Å². The molecule has 1 N–H and O–H groups in total. The average Bonchev–Trinajstić information content (AvgIpc) is 2.68. The van der Waals surface area contributed by atoms with Gasteiger partial charge in [-0.1, -0.05) is 29.8 Å². The van der Waals surface area contributed by atoms with Gasteiger partial charge in [-0.3, -0.25) is 4.57 Å². The normalized spacial score (nSPS) is 11.1. The monoisotopic (exact) mass is 333 g/mol. The Labute approximate surface area is 124 Å². The Morgan fingerprint density at radius 1 is 1.32 bits per heavy atom. The number of fused-ring (bicyclic) bond motifs is 1. The Morgan fingerprint density at radius 2 is 2.05 bits per heavy atom. The number of pyridine rings is 1. The van der Waals surface area contributed by atoms with Gasteiger partial charge in [-0.25, -0.2) is 4.98 Å². The van der Waals surface area contributed by atoms with Crippen LogP contribution in [0.1, 0.15) is 11.1 Å². The lowest BCUT2D eigenvalue weighted by molar-refractivity contribution is 0.800. The number of H-pyrrole nitrogens is 1. The average molecular weight is 334 g/mol. The van der Waals surface area contributed by atoms with Gasteiger partial charge in [-0.05, 0) is 46.7 Å². The second kappa shape index (κ2) is 4.90. The Balaban J connectivity index is 2.07. The second-order valence-electron chi connectivity index (χ2n) is 4.53. The molecule has 0 bridgehead atoms. The van der Waals surface area contributed by atoms with Crippen molar-refractivity contribution in [2.24, 2.45) is 0 Å². The molecule has 0 radical (unpaired) electrons. The fraction of sp³-hybridized carbons (Fsp3) is 0.143. The molecule has 2 aromatic heterocycles. The van der Waals surface area contributed by atoms with Crippen molar-refractivity contribution in [3.63, 3.8) is 0 Å². The predicted molar refractivity (Wildman–Crippen MR) is 82.9 cm³/mol. The summed E-state index contributed by atoms with van der Waals surface area (Å²) in [6.45, 7) is 2.81. The quantitative estimate of drug-likeness (QED) is 0.712.